The number of carbonyl (C=O) groups is 1. The van der Waals surface area contributed by atoms with Crippen molar-refractivity contribution in [1.82, 2.24) is 15.6 Å². The van der Waals surface area contributed by atoms with Gasteiger partial charge in [-0.05, 0) is 81.0 Å². The SMILES string of the molecule is COCCCc1c[nH]c2ccc(C(C)C(CC(NC(=O)OC(C)(C)C)C(O)CNC(C)C)C(C)C)cc12. The summed E-state index contributed by atoms with van der Waals surface area (Å²) in [4.78, 5) is 16.1. The molecule has 1 aromatic heterocycles. The number of aromatic amines is 1. The van der Waals surface area contributed by atoms with E-state index >= 15 is 0 Å². The van der Waals surface area contributed by atoms with Crippen molar-refractivity contribution >= 4 is 17.0 Å². The molecule has 1 aromatic carbocycles. The number of nitrogens with one attached hydrogen (secondary N) is 3. The first-order valence-electron chi connectivity index (χ1n) is 13.8. The van der Waals surface area contributed by atoms with Crippen LogP contribution in [0.2, 0.25) is 0 Å². The van der Waals surface area contributed by atoms with Gasteiger partial charge in [0.2, 0.25) is 0 Å². The first-order chi connectivity index (χ1) is 17.3. The Kier molecular flexibility index (Phi) is 11.9. The number of H-pyrrole nitrogens is 1. The van der Waals surface area contributed by atoms with Gasteiger partial charge in [0.05, 0.1) is 12.1 Å². The number of hydrogen-bond donors (Lipinski definition) is 4. The highest BCUT2D eigenvalue weighted by molar-refractivity contribution is 5.84. The minimum atomic E-state index is -0.733. The monoisotopic (exact) mass is 517 g/mol. The van der Waals surface area contributed by atoms with Crippen LogP contribution in [0.3, 0.4) is 0 Å². The van der Waals surface area contributed by atoms with E-state index in [4.69, 9.17) is 9.47 Å². The third-order valence-electron chi connectivity index (χ3n) is 7.04. The maximum absolute atomic E-state index is 12.7. The summed E-state index contributed by atoms with van der Waals surface area (Å²) in [5.41, 5.74) is 3.11. The van der Waals surface area contributed by atoms with E-state index in [1.807, 2.05) is 34.6 Å². The Bertz CT molecular complexity index is 963. The van der Waals surface area contributed by atoms with E-state index in [1.165, 1.54) is 16.5 Å². The number of hydrogen-bond acceptors (Lipinski definition) is 5. The molecule has 0 aliphatic rings. The largest absolute Gasteiger partial charge is 0.444 e. The number of aliphatic hydroxyl groups excluding tert-OH is 1. The molecule has 0 saturated carbocycles. The van der Waals surface area contributed by atoms with Gasteiger partial charge in [0.1, 0.15) is 5.60 Å². The Morgan fingerprint density at radius 1 is 1.14 bits per heavy atom. The standard InChI is InChI=1S/C30H51N3O4/c1-19(2)24(16-27(28(34)18-31-20(3)4)33-29(35)37-30(6,7)8)21(5)22-12-13-26-25(15-22)23(17-32-26)11-10-14-36-9/h12-13,15,17,19-21,24,27-28,31-32,34H,10-11,14,16,18H2,1-9H3,(H,33,35). The van der Waals surface area contributed by atoms with Gasteiger partial charge in [0.25, 0.3) is 0 Å². The number of carbonyl (C=O) groups excluding carboxylic acids is 1. The van der Waals surface area contributed by atoms with Crippen LogP contribution in [-0.4, -0.2) is 60.2 Å². The highest BCUT2D eigenvalue weighted by atomic mass is 16.6. The van der Waals surface area contributed by atoms with E-state index in [2.05, 4.69) is 60.8 Å². The smallest absolute Gasteiger partial charge is 0.407 e. The number of fused-ring (bicyclic) bond motifs is 1. The van der Waals surface area contributed by atoms with Crippen LogP contribution in [0.1, 0.15) is 85.3 Å². The van der Waals surface area contributed by atoms with Crippen LogP contribution in [0.25, 0.3) is 10.9 Å². The maximum Gasteiger partial charge on any atom is 0.407 e. The predicted octanol–water partition coefficient (Wildman–Crippen LogP) is 5.76. The zero-order valence-corrected chi connectivity index (χ0v) is 24.5. The van der Waals surface area contributed by atoms with Crippen molar-refractivity contribution in [3.63, 3.8) is 0 Å². The lowest BCUT2D eigenvalue weighted by Crippen LogP contribution is -2.50. The van der Waals surface area contributed by atoms with Crippen LogP contribution in [0.15, 0.2) is 24.4 Å². The molecule has 0 aliphatic heterocycles. The number of aliphatic hydroxyl groups is 1. The third-order valence-corrected chi connectivity index (χ3v) is 7.04. The lowest BCUT2D eigenvalue weighted by molar-refractivity contribution is 0.0382. The van der Waals surface area contributed by atoms with Crippen molar-refractivity contribution in [2.24, 2.45) is 11.8 Å². The first kappa shape index (κ1) is 31.1. The van der Waals surface area contributed by atoms with E-state index in [-0.39, 0.29) is 17.9 Å². The van der Waals surface area contributed by atoms with Crippen molar-refractivity contribution in [3.8, 4) is 0 Å². The van der Waals surface area contributed by atoms with Gasteiger partial charge in [-0.15, -0.1) is 0 Å². The van der Waals surface area contributed by atoms with Gasteiger partial charge in [0.15, 0.2) is 0 Å². The van der Waals surface area contributed by atoms with Crippen LogP contribution >= 0.6 is 0 Å². The molecule has 0 aliphatic carbocycles. The molecule has 4 N–H and O–H groups in total. The van der Waals surface area contributed by atoms with E-state index in [0.717, 1.165) is 25.0 Å². The number of rotatable bonds is 14. The van der Waals surface area contributed by atoms with Gasteiger partial charge in [-0.25, -0.2) is 4.79 Å². The van der Waals surface area contributed by atoms with Gasteiger partial charge in [-0.3, -0.25) is 0 Å². The normalized spacial score (nSPS) is 15.7. The highest BCUT2D eigenvalue weighted by Gasteiger charge is 2.31. The summed E-state index contributed by atoms with van der Waals surface area (Å²) in [5.74, 6) is 0.826. The van der Waals surface area contributed by atoms with Crippen LogP contribution in [-0.2, 0) is 15.9 Å². The fourth-order valence-corrected chi connectivity index (χ4v) is 4.96. The maximum atomic E-state index is 12.7. The molecule has 1 heterocycles. The summed E-state index contributed by atoms with van der Waals surface area (Å²) >= 11 is 0. The Balaban J connectivity index is 2.28. The first-order valence-corrected chi connectivity index (χ1v) is 13.8. The van der Waals surface area contributed by atoms with E-state index in [0.29, 0.717) is 18.9 Å². The summed E-state index contributed by atoms with van der Waals surface area (Å²) in [6.07, 6.45) is 3.47. The zero-order chi connectivity index (χ0) is 27.8. The molecule has 7 heteroatoms. The molecule has 2 rings (SSSR count). The van der Waals surface area contributed by atoms with Gasteiger partial charge in [0, 0.05) is 43.4 Å². The molecule has 2 aromatic rings. The van der Waals surface area contributed by atoms with Crippen LogP contribution in [0.4, 0.5) is 4.79 Å². The fourth-order valence-electron chi connectivity index (χ4n) is 4.96. The molecule has 4 unspecified atom stereocenters. The van der Waals surface area contributed by atoms with E-state index in [9.17, 15) is 9.90 Å². The van der Waals surface area contributed by atoms with Crippen LogP contribution < -0.4 is 10.6 Å². The molecule has 0 bridgehead atoms. The summed E-state index contributed by atoms with van der Waals surface area (Å²) in [5, 5.41) is 18.6. The van der Waals surface area contributed by atoms with Crippen molar-refractivity contribution in [1.29, 1.82) is 0 Å². The van der Waals surface area contributed by atoms with Crippen molar-refractivity contribution in [3.05, 3.63) is 35.5 Å². The van der Waals surface area contributed by atoms with E-state index < -0.39 is 23.8 Å². The van der Waals surface area contributed by atoms with Crippen molar-refractivity contribution in [2.75, 3.05) is 20.3 Å². The van der Waals surface area contributed by atoms with Gasteiger partial charge in [-0.1, -0.05) is 40.7 Å². The average Bonchev–Trinajstić information content (AvgIpc) is 3.20. The molecule has 0 fully saturated rings. The second kappa shape index (κ2) is 14.2. The van der Waals surface area contributed by atoms with Gasteiger partial charge in [-0.2, -0.15) is 0 Å². The minimum absolute atomic E-state index is 0.235. The molecule has 7 nitrogen and oxygen atoms in total. The molecule has 210 valence electrons. The molecule has 4 atom stereocenters. The molecule has 37 heavy (non-hydrogen) atoms. The number of aryl methyl sites for hydroxylation is 1. The molecule has 0 radical (unpaired) electrons. The van der Waals surface area contributed by atoms with Crippen molar-refractivity contribution in [2.45, 2.75) is 104 Å². The number of benzene rings is 1. The van der Waals surface area contributed by atoms with Crippen molar-refractivity contribution < 1.29 is 19.4 Å². The number of aromatic nitrogens is 1. The summed E-state index contributed by atoms with van der Waals surface area (Å²) in [7, 11) is 1.74. The minimum Gasteiger partial charge on any atom is -0.444 e. The molecular formula is C30H51N3O4. The molecule has 1 amide bonds. The summed E-state index contributed by atoms with van der Waals surface area (Å²) in [6, 6.07) is 6.47. The van der Waals surface area contributed by atoms with E-state index in [1.54, 1.807) is 7.11 Å². The summed E-state index contributed by atoms with van der Waals surface area (Å²) in [6.45, 7) is 17.5. The average molecular weight is 518 g/mol. The number of alkyl carbamates (subject to hydrolysis) is 1. The quantitative estimate of drug-likeness (QED) is 0.239. The zero-order valence-electron chi connectivity index (χ0n) is 24.5. The number of ether oxygens (including phenoxy) is 2. The Labute approximate surface area is 224 Å². The Morgan fingerprint density at radius 3 is 2.43 bits per heavy atom. The second-order valence-electron chi connectivity index (χ2n) is 12.0. The number of methoxy groups -OCH3 is 1. The molecular weight excluding hydrogens is 466 g/mol. The number of amides is 1. The Morgan fingerprint density at radius 2 is 1.84 bits per heavy atom. The third kappa shape index (κ3) is 9.95. The Hall–Kier alpha value is -2.09. The van der Waals surface area contributed by atoms with Gasteiger partial charge < -0.3 is 30.2 Å². The molecule has 0 saturated heterocycles. The lowest BCUT2D eigenvalue weighted by atomic mass is 9.76. The molecule has 0 spiro atoms. The topological polar surface area (TPSA) is 95.6 Å². The predicted molar refractivity (Wildman–Crippen MR) is 152 cm³/mol. The van der Waals surface area contributed by atoms with Crippen LogP contribution in [0.5, 0.6) is 0 Å². The van der Waals surface area contributed by atoms with Crippen LogP contribution in [0, 0.1) is 11.8 Å². The summed E-state index contributed by atoms with van der Waals surface area (Å²) < 4.78 is 10.8. The lowest BCUT2D eigenvalue weighted by Gasteiger charge is -2.34. The highest BCUT2D eigenvalue weighted by Crippen LogP contribution is 2.36. The van der Waals surface area contributed by atoms with Gasteiger partial charge >= 0.3 is 6.09 Å². The fraction of sp³-hybridized carbons (Fsp3) is 0.700. The second-order valence-corrected chi connectivity index (χ2v) is 12.0.